The number of H-pyrrole nitrogens is 1. The van der Waals surface area contributed by atoms with Gasteiger partial charge in [-0.05, 0) is 38.1 Å². The van der Waals surface area contributed by atoms with Crippen LogP contribution < -0.4 is 11.0 Å². The fraction of sp³-hybridized carbons (Fsp3) is 0.867. The zero-order valence-corrected chi connectivity index (χ0v) is 14.2. The molecule has 1 fully saturated rings. The van der Waals surface area contributed by atoms with Gasteiger partial charge in [0.2, 0.25) is 0 Å². The van der Waals surface area contributed by atoms with E-state index < -0.39 is 0 Å². The molecule has 1 saturated carbocycles. The van der Waals surface area contributed by atoms with E-state index in [-0.39, 0.29) is 5.69 Å². The highest BCUT2D eigenvalue weighted by Gasteiger charge is 2.31. The number of nitrogens with one attached hydrogen (secondary N) is 2. The summed E-state index contributed by atoms with van der Waals surface area (Å²) in [5.74, 6) is 0.822. The zero-order chi connectivity index (χ0) is 15.2. The molecule has 6 heteroatoms. The number of rotatable bonds is 7. The van der Waals surface area contributed by atoms with E-state index in [0.29, 0.717) is 11.3 Å². The summed E-state index contributed by atoms with van der Waals surface area (Å²) in [5.41, 5.74) is -0.128. The first kappa shape index (κ1) is 16.6. The Morgan fingerprint density at radius 2 is 2.19 bits per heavy atom. The number of thioether (sulfide) groups is 1. The van der Waals surface area contributed by atoms with Gasteiger partial charge in [0.05, 0.1) is 0 Å². The van der Waals surface area contributed by atoms with Gasteiger partial charge in [-0.2, -0.15) is 0 Å². The van der Waals surface area contributed by atoms with Crippen LogP contribution in [0.1, 0.15) is 52.4 Å². The topological polar surface area (TPSA) is 62.7 Å². The van der Waals surface area contributed by atoms with Gasteiger partial charge in [-0.25, -0.2) is 9.89 Å². The Kier molecular flexibility index (Phi) is 6.36. The number of aromatic nitrogens is 3. The first-order chi connectivity index (χ1) is 10.2. The predicted molar refractivity (Wildman–Crippen MR) is 87.8 cm³/mol. The molecule has 2 rings (SSSR count). The maximum absolute atomic E-state index is 11.5. The summed E-state index contributed by atoms with van der Waals surface area (Å²) in [7, 11) is 1.79. The minimum absolute atomic E-state index is 0.128. The molecular formula is C15H28N4OS. The Hall–Kier alpha value is -0.750. The number of hydrogen-bond acceptors (Lipinski definition) is 4. The first-order valence-electron chi connectivity index (χ1n) is 8.17. The number of hydrogen-bond donors (Lipinski definition) is 2. The van der Waals surface area contributed by atoms with Crippen molar-refractivity contribution in [3.05, 3.63) is 10.5 Å². The lowest BCUT2D eigenvalue weighted by atomic mass is 9.83. The van der Waals surface area contributed by atoms with E-state index in [1.165, 1.54) is 32.1 Å². The van der Waals surface area contributed by atoms with E-state index in [2.05, 4.69) is 29.4 Å². The van der Waals surface area contributed by atoms with E-state index in [0.717, 1.165) is 24.0 Å². The molecular weight excluding hydrogens is 284 g/mol. The highest BCUT2D eigenvalue weighted by molar-refractivity contribution is 7.99. The van der Waals surface area contributed by atoms with Crippen LogP contribution in [0.2, 0.25) is 0 Å². The molecule has 120 valence electrons. The molecule has 3 unspecified atom stereocenters. The molecule has 0 amide bonds. The molecule has 5 nitrogen and oxygen atoms in total. The Bertz CT molecular complexity index is 484. The summed E-state index contributed by atoms with van der Waals surface area (Å²) in [4.78, 5) is 11.5. The fourth-order valence-electron chi connectivity index (χ4n) is 3.15. The summed E-state index contributed by atoms with van der Waals surface area (Å²) in [5, 5.41) is 11.7. The van der Waals surface area contributed by atoms with Crippen LogP contribution in [-0.4, -0.2) is 32.6 Å². The molecule has 21 heavy (non-hydrogen) atoms. The zero-order valence-electron chi connectivity index (χ0n) is 13.4. The van der Waals surface area contributed by atoms with Crippen LogP contribution in [0, 0.1) is 5.92 Å². The molecule has 1 heterocycles. The summed E-state index contributed by atoms with van der Waals surface area (Å²) < 4.78 is 1.62. The monoisotopic (exact) mass is 312 g/mol. The molecule has 0 radical (unpaired) electrons. The largest absolute Gasteiger partial charge is 0.343 e. The molecule has 0 aliphatic heterocycles. The lowest BCUT2D eigenvalue weighted by molar-refractivity contribution is 0.287. The third kappa shape index (κ3) is 4.36. The van der Waals surface area contributed by atoms with Crippen molar-refractivity contribution in [2.75, 3.05) is 6.54 Å². The second kappa shape index (κ2) is 8.03. The highest BCUT2D eigenvalue weighted by atomic mass is 32.2. The average molecular weight is 312 g/mol. The summed E-state index contributed by atoms with van der Waals surface area (Å²) in [6.07, 6.45) is 7.52. The summed E-state index contributed by atoms with van der Waals surface area (Å²) >= 11 is 1.76. The molecule has 1 aromatic heterocycles. The van der Waals surface area contributed by atoms with Crippen molar-refractivity contribution >= 4 is 11.8 Å². The van der Waals surface area contributed by atoms with Gasteiger partial charge in [-0.1, -0.05) is 38.5 Å². The smallest absolute Gasteiger partial charge is 0.313 e. The van der Waals surface area contributed by atoms with Crippen molar-refractivity contribution in [3.8, 4) is 0 Å². The number of aromatic amines is 1. The van der Waals surface area contributed by atoms with Gasteiger partial charge in [0.25, 0.3) is 0 Å². The van der Waals surface area contributed by atoms with Crippen molar-refractivity contribution < 1.29 is 0 Å². The lowest BCUT2D eigenvalue weighted by Crippen LogP contribution is -2.43. The standard InChI is InChI=1S/C15H28N4OS/c1-4-6-11-7-8-12(16-9-5-2)13(10-11)21-15-18-17-14(20)19(15)3/h11-13,16H,4-10H2,1-3H3,(H,17,20). The molecule has 0 saturated heterocycles. The average Bonchev–Trinajstić information content (AvgIpc) is 2.79. The van der Waals surface area contributed by atoms with E-state index in [1.807, 2.05) is 0 Å². The van der Waals surface area contributed by atoms with Gasteiger partial charge >= 0.3 is 5.69 Å². The normalized spacial score (nSPS) is 26.1. The van der Waals surface area contributed by atoms with Crippen LogP contribution in [0.4, 0.5) is 0 Å². The molecule has 1 aliphatic rings. The van der Waals surface area contributed by atoms with Gasteiger partial charge in [0, 0.05) is 18.3 Å². The van der Waals surface area contributed by atoms with Gasteiger partial charge in [-0.3, -0.25) is 4.57 Å². The molecule has 0 spiro atoms. The van der Waals surface area contributed by atoms with Crippen molar-refractivity contribution in [3.63, 3.8) is 0 Å². The molecule has 0 aromatic carbocycles. The second-order valence-electron chi connectivity index (χ2n) is 6.06. The van der Waals surface area contributed by atoms with E-state index in [4.69, 9.17) is 0 Å². The molecule has 3 atom stereocenters. The van der Waals surface area contributed by atoms with Crippen LogP contribution in [0.15, 0.2) is 9.95 Å². The second-order valence-corrected chi connectivity index (χ2v) is 7.26. The van der Waals surface area contributed by atoms with Crippen LogP contribution in [0.25, 0.3) is 0 Å². The van der Waals surface area contributed by atoms with Crippen LogP contribution in [-0.2, 0) is 7.05 Å². The quantitative estimate of drug-likeness (QED) is 0.812. The van der Waals surface area contributed by atoms with E-state index in [1.54, 1.807) is 23.4 Å². The summed E-state index contributed by atoms with van der Waals surface area (Å²) in [6, 6.07) is 0.537. The maximum Gasteiger partial charge on any atom is 0.343 e. The molecule has 0 bridgehead atoms. The third-order valence-corrected chi connectivity index (χ3v) is 5.75. The predicted octanol–water partition coefficient (Wildman–Crippen LogP) is 2.54. The molecule has 1 aromatic rings. The Balaban J connectivity index is 2.05. The first-order valence-corrected chi connectivity index (χ1v) is 9.05. The number of nitrogens with zero attached hydrogens (tertiary/aromatic N) is 2. The van der Waals surface area contributed by atoms with E-state index in [9.17, 15) is 4.79 Å². The minimum Gasteiger partial charge on any atom is -0.313 e. The third-order valence-electron chi connectivity index (χ3n) is 4.35. The van der Waals surface area contributed by atoms with Gasteiger partial charge in [0.15, 0.2) is 5.16 Å². The highest BCUT2D eigenvalue weighted by Crippen LogP contribution is 2.37. The maximum atomic E-state index is 11.5. The van der Waals surface area contributed by atoms with Gasteiger partial charge in [0.1, 0.15) is 0 Å². The van der Waals surface area contributed by atoms with E-state index >= 15 is 0 Å². The van der Waals surface area contributed by atoms with Crippen LogP contribution in [0.3, 0.4) is 0 Å². The van der Waals surface area contributed by atoms with Crippen molar-refractivity contribution in [2.24, 2.45) is 13.0 Å². The summed E-state index contributed by atoms with van der Waals surface area (Å²) in [6.45, 7) is 5.54. The van der Waals surface area contributed by atoms with Crippen molar-refractivity contribution in [1.82, 2.24) is 20.1 Å². The van der Waals surface area contributed by atoms with Crippen molar-refractivity contribution in [2.45, 2.75) is 68.8 Å². The lowest BCUT2D eigenvalue weighted by Gasteiger charge is -2.36. The molecule has 2 N–H and O–H groups in total. The Morgan fingerprint density at radius 3 is 2.81 bits per heavy atom. The van der Waals surface area contributed by atoms with Crippen LogP contribution >= 0.6 is 11.8 Å². The minimum atomic E-state index is -0.128. The SMILES string of the molecule is CCCNC1CCC(CCC)CC1Sc1n[nH]c(=O)n1C. The molecule has 1 aliphatic carbocycles. The fourth-order valence-corrected chi connectivity index (χ4v) is 4.52. The van der Waals surface area contributed by atoms with Gasteiger partial charge in [-0.15, -0.1) is 5.10 Å². The Morgan fingerprint density at radius 1 is 1.38 bits per heavy atom. The Labute approximate surface area is 131 Å². The van der Waals surface area contributed by atoms with Gasteiger partial charge < -0.3 is 5.32 Å². The van der Waals surface area contributed by atoms with Crippen LogP contribution in [0.5, 0.6) is 0 Å². The van der Waals surface area contributed by atoms with Crippen molar-refractivity contribution in [1.29, 1.82) is 0 Å².